The molecule has 9 nitrogen and oxygen atoms in total. The Balaban J connectivity index is 1.55. The molecule has 0 N–H and O–H groups in total. The largest absolute Gasteiger partial charge is 0.492 e. The van der Waals surface area contributed by atoms with Gasteiger partial charge in [0.15, 0.2) is 11.6 Å². The lowest BCUT2D eigenvalue weighted by Crippen LogP contribution is -2.50. The van der Waals surface area contributed by atoms with Crippen LogP contribution in [0.4, 0.5) is 14.9 Å². The molecule has 1 aliphatic carbocycles. The Morgan fingerprint density at radius 2 is 1.95 bits per heavy atom. The van der Waals surface area contributed by atoms with E-state index in [4.69, 9.17) is 14.2 Å². The highest BCUT2D eigenvalue weighted by molar-refractivity contribution is 5.97. The number of nitrogens with zero attached hydrogens (tertiary/aromatic N) is 3. The van der Waals surface area contributed by atoms with Gasteiger partial charge < -0.3 is 28.6 Å². The van der Waals surface area contributed by atoms with Crippen molar-refractivity contribution >= 4 is 28.7 Å². The maximum absolute atomic E-state index is 16.0. The van der Waals surface area contributed by atoms with Gasteiger partial charge in [-0.2, -0.15) is 0 Å². The average Bonchev–Trinajstić information content (AvgIpc) is 3.65. The summed E-state index contributed by atoms with van der Waals surface area (Å²) in [5.41, 5.74) is -0.598. The lowest BCUT2D eigenvalue weighted by atomic mass is 9.92. The Hall–Kier alpha value is -3.56. The van der Waals surface area contributed by atoms with Crippen LogP contribution in [0.5, 0.6) is 5.75 Å². The molecule has 1 aromatic carbocycles. The van der Waals surface area contributed by atoms with E-state index in [-0.39, 0.29) is 53.1 Å². The standard InChI is InChI=1S/C30H38FN3O6/c1-6-7-13-39-28(36)21-16-34(19-10-11-19)24-20(26(21)35)14-22(31)25(27(24)38-5)32-15-18-9-8-12-33(23(18)17-32)29(37)40-30(2,3)4/h6,14,16,18-19,23H,1,7-13,15,17H2,2-5H3/t18-,23+/m0/s1. The number of halogens is 1. The van der Waals surface area contributed by atoms with Crippen LogP contribution in [0, 0.1) is 11.7 Å². The first-order chi connectivity index (χ1) is 19.0. The number of likely N-dealkylation sites (tertiary alicyclic amines) is 1. The number of carbonyl (C=O) groups is 2. The molecule has 40 heavy (non-hydrogen) atoms. The molecule has 0 unspecified atom stereocenters. The molecule has 2 aromatic rings. The Labute approximate surface area is 233 Å². The van der Waals surface area contributed by atoms with Gasteiger partial charge in [-0.05, 0) is 64.9 Å². The molecular formula is C30H38FN3O6. The van der Waals surface area contributed by atoms with Crippen molar-refractivity contribution in [3.63, 3.8) is 0 Å². The molecule has 3 fully saturated rings. The zero-order chi connectivity index (χ0) is 28.8. The fourth-order valence-electron chi connectivity index (χ4n) is 5.94. The number of rotatable bonds is 7. The van der Waals surface area contributed by atoms with E-state index >= 15 is 4.39 Å². The molecule has 0 bridgehead atoms. The zero-order valence-corrected chi connectivity index (χ0v) is 23.7. The number of ether oxygens (including phenoxy) is 3. The summed E-state index contributed by atoms with van der Waals surface area (Å²) in [6.07, 6.45) is 6.77. The molecule has 216 valence electrons. The third-order valence-electron chi connectivity index (χ3n) is 7.84. The van der Waals surface area contributed by atoms with Crippen LogP contribution in [-0.4, -0.2) is 66.5 Å². The molecule has 3 aliphatic rings. The van der Waals surface area contributed by atoms with Crippen molar-refractivity contribution in [2.75, 3.05) is 38.3 Å². The van der Waals surface area contributed by atoms with Crippen molar-refractivity contribution < 1.29 is 28.2 Å². The van der Waals surface area contributed by atoms with E-state index in [0.29, 0.717) is 31.6 Å². The molecule has 5 rings (SSSR count). The highest BCUT2D eigenvalue weighted by Crippen LogP contribution is 2.45. The second-order valence-corrected chi connectivity index (χ2v) is 11.9. The van der Waals surface area contributed by atoms with Crippen LogP contribution >= 0.6 is 0 Å². The molecule has 10 heteroatoms. The first kappa shape index (κ1) is 28.0. The van der Waals surface area contributed by atoms with Crippen molar-refractivity contribution in [1.29, 1.82) is 0 Å². The minimum atomic E-state index is -0.738. The van der Waals surface area contributed by atoms with Crippen LogP contribution < -0.4 is 15.1 Å². The number of methoxy groups -OCH3 is 1. The summed E-state index contributed by atoms with van der Waals surface area (Å²) in [6.45, 7) is 10.8. The van der Waals surface area contributed by atoms with Crippen LogP contribution in [-0.2, 0) is 9.47 Å². The van der Waals surface area contributed by atoms with Gasteiger partial charge in [0.2, 0.25) is 5.43 Å². The summed E-state index contributed by atoms with van der Waals surface area (Å²) < 4.78 is 34.6. The van der Waals surface area contributed by atoms with E-state index < -0.39 is 22.8 Å². The van der Waals surface area contributed by atoms with Gasteiger partial charge in [-0.15, -0.1) is 6.58 Å². The molecule has 2 aliphatic heterocycles. The third kappa shape index (κ3) is 5.28. The lowest BCUT2D eigenvalue weighted by molar-refractivity contribution is 0.00667. The fraction of sp³-hybridized carbons (Fsp3) is 0.567. The van der Waals surface area contributed by atoms with Gasteiger partial charge in [-0.1, -0.05) is 6.08 Å². The minimum Gasteiger partial charge on any atom is -0.492 e. The van der Waals surface area contributed by atoms with Crippen molar-refractivity contribution in [3.05, 3.63) is 46.5 Å². The number of piperidine rings is 1. The van der Waals surface area contributed by atoms with Gasteiger partial charge in [0, 0.05) is 31.9 Å². The van der Waals surface area contributed by atoms with E-state index in [9.17, 15) is 14.4 Å². The average molecular weight is 556 g/mol. The van der Waals surface area contributed by atoms with Crippen LogP contribution in [0.15, 0.2) is 29.7 Å². The van der Waals surface area contributed by atoms with E-state index in [2.05, 4.69) is 6.58 Å². The van der Waals surface area contributed by atoms with Crippen molar-refractivity contribution in [1.82, 2.24) is 9.47 Å². The topological polar surface area (TPSA) is 90.3 Å². The van der Waals surface area contributed by atoms with E-state index in [0.717, 1.165) is 25.7 Å². The van der Waals surface area contributed by atoms with Crippen LogP contribution in [0.25, 0.3) is 10.9 Å². The molecule has 0 spiro atoms. The lowest BCUT2D eigenvalue weighted by Gasteiger charge is -2.37. The van der Waals surface area contributed by atoms with Crippen LogP contribution in [0.2, 0.25) is 0 Å². The van der Waals surface area contributed by atoms with Crippen molar-refractivity contribution in [3.8, 4) is 5.75 Å². The van der Waals surface area contributed by atoms with Crippen molar-refractivity contribution in [2.24, 2.45) is 5.92 Å². The molecule has 2 atom stereocenters. The summed E-state index contributed by atoms with van der Waals surface area (Å²) in [5.74, 6) is -0.937. The number of hydrogen-bond donors (Lipinski definition) is 0. The SMILES string of the molecule is C=CCCOC(=O)c1cn(C2CC2)c2c(OC)c(N3C[C@@H]4CCCN(C(=O)OC(C)(C)C)[C@@H]4C3)c(F)cc2c1=O. The van der Waals surface area contributed by atoms with E-state index in [1.54, 1.807) is 11.0 Å². The Morgan fingerprint density at radius 1 is 1.20 bits per heavy atom. The minimum absolute atomic E-state index is 0.0684. The first-order valence-electron chi connectivity index (χ1n) is 14.0. The van der Waals surface area contributed by atoms with Gasteiger partial charge in [0.25, 0.3) is 0 Å². The normalized spacial score (nSPS) is 20.8. The molecular weight excluding hydrogens is 517 g/mol. The number of amides is 1. The number of carbonyl (C=O) groups excluding carboxylic acids is 2. The number of benzene rings is 1. The fourth-order valence-corrected chi connectivity index (χ4v) is 5.94. The first-order valence-corrected chi connectivity index (χ1v) is 14.0. The van der Waals surface area contributed by atoms with Crippen molar-refractivity contribution in [2.45, 2.75) is 70.6 Å². The van der Waals surface area contributed by atoms with E-state index in [1.165, 1.54) is 19.4 Å². The molecule has 1 aromatic heterocycles. The second kappa shape index (κ2) is 10.8. The number of esters is 1. The highest BCUT2D eigenvalue weighted by Gasteiger charge is 2.44. The van der Waals surface area contributed by atoms with Gasteiger partial charge in [-0.25, -0.2) is 14.0 Å². The summed E-state index contributed by atoms with van der Waals surface area (Å²) in [7, 11) is 1.47. The van der Waals surface area contributed by atoms with Gasteiger partial charge in [-0.3, -0.25) is 4.79 Å². The van der Waals surface area contributed by atoms with Gasteiger partial charge in [0.05, 0.1) is 30.7 Å². The molecule has 0 radical (unpaired) electrons. The second-order valence-electron chi connectivity index (χ2n) is 11.9. The van der Waals surface area contributed by atoms with Crippen LogP contribution in [0.1, 0.15) is 69.3 Å². The van der Waals surface area contributed by atoms with E-state index in [1.807, 2.05) is 30.2 Å². The molecule has 1 amide bonds. The summed E-state index contributed by atoms with van der Waals surface area (Å²) in [5, 5.41) is 0.0789. The van der Waals surface area contributed by atoms with Gasteiger partial charge >= 0.3 is 12.1 Å². The predicted molar refractivity (Wildman–Crippen MR) is 150 cm³/mol. The Bertz CT molecular complexity index is 1390. The number of fused-ring (bicyclic) bond motifs is 2. The highest BCUT2D eigenvalue weighted by atomic mass is 19.1. The maximum Gasteiger partial charge on any atom is 0.410 e. The van der Waals surface area contributed by atoms with Gasteiger partial charge in [0.1, 0.15) is 16.9 Å². The third-order valence-corrected chi connectivity index (χ3v) is 7.84. The van der Waals surface area contributed by atoms with Crippen LogP contribution in [0.3, 0.4) is 0 Å². The molecule has 3 heterocycles. The molecule has 2 saturated heterocycles. The summed E-state index contributed by atoms with van der Waals surface area (Å²) in [4.78, 5) is 42.9. The maximum atomic E-state index is 16.0. The number of anilines is 1. The monoisotopic (exact) mass is 555 g/mol. The number of pyridine rings is 1. The summed E-state index contributed by atoms with van der Waals surface area (Å²) >= 11 is 0. The Kier molecular flexibility index (Phi) is 7.54. The zero-order valence-electron chi connectivity index (χ0n) is 23.7. The Morgan fingerprint density at radius 3 is 2.60 bits per heavy atom. The smallest absolute Gasteiger partial charge is 0.410 e. The quantitative estimate of drug-likeness (QED) is 0.268. The summed E-state index contributed by atoms with van der Waals surface area (Å²) in [6, 6.07) is 1.16. The molecule has 1 saturated carbocycles. The number of aromatic nitrogens is 1. The predicted octanol–water partition coefficient (Wildman–Crippen LogP) is 5.05. The number of hydrogen-bond acceptors (Lipinski definition) is 7.